The van der Waals surface area contributed by atoms with Crippen LogP contribution in [-0.4, -0.2) is 10.8 Å². The molecule has 0 saturated carbocycles. The Balaban J connectivity index is 2.43. The summed E-state index contributed by atoms with van der Waals surface area (Å²) < 4.78 is 38.8. The number of carbonyl (C=O) groups excluding carboxylic acids is 1. The number of pyridine rings is 1. The first kappa shape index (κ1) is 12.3. The minimum Gasteiger partial charge on any atom is -0.289 e. The van der Waals surface area contributed by atoms with E-state index in [9.17, 15) is 18.0 Å². The Morgan fingerprint density at radius 3 is 2.17 bits per heavy atom. The van der Waals surface area contributed by atoms with Gasteiger partial charge in [0.2, 0.25) is 0 Å². The van der Waals surface area contributed by atoms with E-state index in [-0.39, 0.29) is 11.1 Å². The third-order valence-electron chi connectivity index (χ3n) is 2.42. The lowest BCUT2D eigenvalue weighted by Crippen LogP contribution is -2.05. The van der Waals surface area contributed by atoms with Crippen molar-refractivity contribution in [1.29, 1.82) is 0 Å². The van der Waals surface area contributed by atoms with Crippen LogP contribution in [0.15, 0.2) is 30.5 Å². The molecule has 0 saturated heterocycles. The lowest BCUT2D eigenvalue weighted by molar-refractivity contribution is 0.103. The number of rotatable bonds is 2. The zero-order valence-corrected chi connectivity index (χ0v) is 9.38. The van der Waals surface area contributed by atoms with Gasteiger partial charge in [0.15, 0.2) is 23.2 Å². The van der Waals surface area contributed by atoms with Gasteiger partial charge in [-0.05, 0) is 31.2 Å². The summed E-state index contributed by atoms with van der Waals surface area (Å²) in [5.41, 5.74) is 0.645. The summed E-state index contributed by atoms with van der Waals surface area (Å²) >= 11 is 0. The van der Waals surface area contributed by atoms with Crippen molar-refractivity contribution in [2.75, 3.05) is 0 Å². The van der Waals surface area contributed by atoms with Gasteiger partial charge < -0.3 is 0 Å². The van der Waals surface area contributed by atoms with Gasteiger partial charge in [0.05, 0.1) is 0 Å². The molecule has 2 aromatic rings. The average molecular weight is 251 g/mol. The van der Waals surface area contributed by atoms with Crippen molar-refractivity contribution in [2.24, 2.45) is 0 Å². The first-order chi connectivity index (χ1) is 8.49. The molecule has 0 atom stereocenters. The molecule has 1 heterocycles. The fraction of sp³-hybridized carbons (Fsp3) is 0.0769. The van der Waals surface area contributed by atoms with E-state index in [4.69, 9.17) is 0 Å². The van der Waals surface area contributed by atoms with E-state index < -0.39 is 23.2 Å². The van der Waals surface area contributed by atoms with Crippen molar-refractivity contribution in [2.45, 2.75) is 6.92 Å². The van der Waals surface area contributed by atoms with Crippen molar-refractivity contribution in [3.63, 3.8) is 0 Å². The molecule has 0 unspecified atom stereocenters. The zero-order chi connectivity index (χ0) is 13.3. The van der Waals surface area contributed by atoms with E-state index in [0.29, 0.717) is 17.8 Å². The smallest absolute Gasteiger partial charge is 0.194 e. The molecule has 2 nitrogen and oxygen atoms in total. The van der Waals surface area contributed by atoms with Gasteiger partial charge in [-0.2, -0.15) is 0 Å². The average Bonchev–Trinajstić information content (AvgIpc) is 2.35. The molecule has 0 aliphatic rings. The number of aryl methyl sites for hydroxylation is 1. The SMILES string of the molecule is Cc1ccc(C(=O)c2cc(F)c(F)c(F)c2)cn1. The summed E-state index contributed by atoms with van der Waals surface area (Å²) in [7, 11) is 0. The molecule has 1 aromatic carbocycles. The van der Waals surface area contributed by atoms with Gasteiger partial charge in [-0.1, -0.05) is 0 Å². The van der Waals surface area contributed by atoms with E-state index in [1.165, 1.54) is 12.3 Å². The number of hydrogen-bond donors (Lipinski definition) is 0. The maximum absolute atomic E-state index is 13.0. The van der Waals surface area contributed by atoms with Crippen molar-refractivity contribution >= 4 is 5.78 Å². The number of benzene rings is 1. The number of nitrogens with zero attached hydrogens (tertiary/aromatic N) is 1. The Hall–Kier alpha value is -2.17. The van der Waals surface area contributed by atoms with Gasteiger partial charge in [-0.25, -0.2) is 13.2 Å². The number of aromatic nitrogens is 1. The molecule has 1 aromatic heterocycles. The Labute approximate surface area is 101 Å². The van der Waals surface area contributed by atoms with Gasteiger partial charge in [0, 0.05) is 23.0 Å². The van der Waals surface area contributed by atoms with E-state index in [1.54, 1.807) is 13.0 Å². The Kier molecular flexibility index (Phi) is 3.14. The van der Waals surface area contributed by atoms with E-state index >= 15 is 0 Å². The standard InChI is InChI=1S/C13H8F3NO/c1-7-2-3-8(6-17-7)13(18)9-4-10(14)12(16)11(15)5-9/h2-6H,1H3. The molecule has 0 amide bonds. The highest BCUT2D eigenvalue weighted by molar-refractivity contribution is 6.08. The maximum atomic E-state index is 13.0. The molecule has 0 aliphatic heterocycles. The van der Waals surface area contributed by atoms with E-state index in [1.807, 2.05) is 0 Å². The quantitative estimate of drug-likeness (QED) is 0.606. The van der Waals surface area contributed by atoms with Gasteiger partial charge in [0.1, 0.15) is 0 Å². The van der Waals surface area contributed by atoms with Gasteiger partial charge in [-0.3, -0.25) is 9.78 Å². The number of hydrogen-bond acceptors (Lipinski definition) is 2. The molecule has 0 spiro atoms. The fourth-order valence-corrected chi connectivity index (χ4v) is 1.46. The zero-order valence-electron chi connectivity index (χ0n) is 9.38. The van der Waals surface area contributed by atoms with Crippen LogP contribution in [0, 0.1) is 24.4 Å². The molecule has 2 rings (SSSR count). The van der Waals surface area contributed by atoms with Crippen LogP contribution in [0.25, 0.3) is 0 Å². The second kappa shape index (κ2) is 4.60. The molecule has 92 valence electrons. The molecular weight excluding hydrogens is 243 g/mol. The number of ketones is 1. The van der Waals surface area contributed by atoms with Crippen molar-refractivity contribution in [3.8, 4) is 0 Å². The highest BCUT2D eigenvalue weighted by atomic mass is 19.2. The Morgan fingerprint density at radius 1 is 1.06 bits per heavy atom. The topological polar surface area (TPSA) is 30.0 Å². The Bertz CT molecular complexity index is 585. The summed E-state index contributed by atoms with van der Waals surface area (Å²) in [6.07, 6.45) is 1.30. The van der Waals surface area contributed by atoms with Crippen molar-refractivity contribution in [1.82, 2.24) is 4.98 Å². The van der Waals surface area contributed by atoms with Crippen LogP contribution in [0.5, 0.6) is 0 Å². The molecule has 0 fully saturated rings. The highest BCUT2D eigenvalue weighted by Gasteiger charge is 2.16. The van der Waals surface area contributed by atoms with Crippen LogP contribution >= 0.6 is 0 Å². The van der Waals surface area contributed by atoms with Crippen LogP contribution in [-0.2, 0) is 0 Å². The summed E-state index contributed by atoms with van der Waals surface area (Å²) in [5, 5.41) is 0. The number of halogens is 3. The van der Waals surface area contributed by atoms with Crippen molar-refractivity contribution < 1.29 is 18.0 Å². The molecule has 0 aliphatic carbocycles. The lowest BCUT2D eigenvalue weighted by Gasteiger charge is -2.03. The summed E-state index contributed by atoms with van der Waals surface area (Å²) in [4.78, 5) is 15.8. The molecule has 0 N–H and O–H groups in total. The summed E-state index contributed by atoms with van der Waals surface area (Å²) in [5.74, 6) is -4.98. The molecule has 0 bridgehead atoms. The van der Waals surface area contributed by atoms with Crippen LogP contribution in [0.3, 0.4) is 0 Å². The first-order valence-electron chi connectivity index (χ1n) is 5.11. The van der Waals surface area contributed by atoms with Crippen molar-refractivity contribution in [3.05, 3.63) is 64.7 Å². The van der Waals surface area contributed by atoms with Crippen LogP contribution in [0.1, 0.15) is 21.6 Å². The minimum atomic E-state index is -1.59. The second-order valence-electron chi connectivity index (χ2n) is 3.77. The first-order valence-corrected chi connectivity index (χ1v) is 5.11. The lowest BCUT2D eigenvalue weighted by atomic mass is 10.0. The third-order valence-corrected chi connectivity index (χ3v) is 2.42. The molecule has 5 heteroatoms. The second-order valence-corrected chi connectivity index (χ2v) is 3.77. The van der Waals surface area contributed by atoms with Gasteiger partial charge >= 0.3 is 0 Å². The minimum absolute atomic E-state index is 0.186. The molecular formula is C13H8F3NO. The fourth-order valence-electron chi connectivity index (χ4n) is 1.46. The van der Waals surface area contributed by atoms with Crippen LogP contribution < -0.4 is 0 Å². The summed E-state index contributed by atoms with van der Waals surface area (Å²) in [6, 6.07) is 4.43. The summed E-state index contributed by atoms with van der Waals surface area (Å²) in [6.45, 7) is 1.74. The van der Waals surface area contributed by atoms with Gasteiger partial charge in [-0.15, -0.1) is 0 Å². The van der Waals surface area contributed by atoms with Gasteiger partial charge in [0.25, 0.3) is 0 Å². The Morgan fingerprint density at radius 2 is 1.67 bits per heavy atom. The van der Waals surface area contributed by atoms with Crippen LogP contribution in [0.4, 0.5) is 13.2 Å². The highest BCUT2D eigenvalue weighted by Crippen LogP contribution is 2.16. The normalized spacial score (nSPS) is 10.4. The molecule has 0 radical (unpaired) electrons. The predicted octanol–water partition coefficient (Wildman–Crippen LogP) is 3.04. The van der Waals surface area contributed by atoms with E-state index in [0.717, 1.165) is 0 Å². The molecule has 18 heavy (non-hydrogen) atoms. The van der Waals surface area contributed by atoms with Crippen LogP contribution in [0.2, 0.25) is 0 Å². The largest absolute Gasteiger partial charge is 0.289 e. The predicted molar refractivity (Wildman–Crippen MR) is 58.7 cm³/mol. The monoisotopic (exact) mass is 251 g/mol. The number of carbonyl (C=O) groups is 1. The van der Waals surface area contributed by atoms with E-state index in [2.05, 4.69) is 4.98 Å². The maximum Gasteiger partial charge on any atom is 0.194 e. The third kappa shape index (κ3) is 2.25.